The summed E-state index contributed by atoms with van der Waals surface area (Å²) >= 11 is 0. The summed E-state index contributed by atoms with van der Waals surface area (Å²) < 4.78 is 51.0. The molecule has 0 saturated heterocycles. The fourth-order valence-corrected chi connectivity index (χ4v) is 10.1. The van der Waals surface area contributed by atoms with Crippen molar-refractivity contribution in [3.05, 3.63) is 29.8 Å². The highest BCUT2D eigenvalue weighted by atomic mass is 33.3. The number of hydrogen-bond donors (Lipinski definition) is 0. The standard InChI is InChI=1S/C15H23N2O6PS3/c1-5-22-24(19,23-6-2)26-25-11-16-14-10-8-7-9-13(14)15(18)17(12(3)4)27(16,20)21/h7-10,12H,5-6,11H2,1-4H3. The van der Waals surface area contributed by atoms with Gasteiger partial charge in [-0.3, -0.25) is 4.79 Å². The first-order valence-corrected chi connectivity index (χ1v) is 14.2. The Kier molecular flexibility index (Phi) is 7.69. The second kappa shape index (κ2) is 9.19. The van der Waals surface area contributed by atoms with Crippen LogP contribution in [0, 0.1) is 0 Å². The predicted molar refractivity (Wildman–Crippen MR) is 110 cm³/mol. The van der Waals surface area contributed by atoms with E-state index in [1.54, 1.807) is 52.0 Å². The zero-order chi connectivity index (χ0) is 20.2. The van der Waals surface area contributed by atoms with E-state index in [-0.39, 0.29) is 19.1 Å². The van der Waals surface area contributed by atoms with Crippen molar-refractivity contribution >= 4 is 49.8 Å². The highest BCUT2D eigenvalue weighted by Gasteiger charge is 2.43. The van der Waals surface area contributed by atoms with Gasteiger partial charge >= 0.3 is 17.0 Å². The number of fused-ring (bicyclic) bond motifs is 1. The number of amides is 1. The molecule has 0 fully saturated rings. The van der Waals surface area contributed by atoms with Crippen molar-refractivity contribution in [2.45, 2.75) is 33.7 Å². The van der Waals surface area contributed by atoms with E-state index >= 15 is 0 Å². The number of benzene rings is 1. The Morgan fingerprint density at radius 2 is 1.74 bits per heavy atom. The maximum atomic E-state index is 13.0. The molecule has 1 aliphatic rings. The summed E-state index contributed by atoms with van der Waals surface area (Å²) in [6.07, 6.45) is 0. The van der Waals surface area contributed by atoms with Crippen molar-refractivity contribution in [1.29, 1.82) is 0 Å². The minimum Gasteiger partial charge on any atom is -0.300 e. The lowest BCUT2D eigenvalue weighted by molar-refractivity contribution is 0.0831. The Balaban J connectivity index is 2.30. The van der Waals surface area contributed by atoms with Gasteiger partial charge in [-0.15, -0.1) is 0 Å². The molecule has 0 saturated carbocycles. The fraction of sp³-hybridized carbons (Fsp3) is 0.533. The molecule has 0 atom stereocenters. The minimum atomic E-state index is -4.06. The molecule has 2 rings (SSSR count). The molecule has 12 heteroatoms. The zero-order valence-corrected chi connectivity index (χ0v) is 18.9. The number of carbonyl (C=O) groups excluding carboxylic acids is 1. The molecule has 0 bridgehead atoms. The summed E-state index contributed by atoms with van der Waals surface area (Å²) in [5, 5.41) is 0. The average Bonchev–Trinajstić information content (AvgIpc) is 2.57. The van der Waals surface area contributed by atoms with Crippen LogP contribution in [-0.2, 0) is 23.8 Å². The highest BCUT2D eigenvalue weighted by Crippen LogP contribution is 2.65. The molecule has 0 N–H and O–H groups in total. The molecule has 8 nitrogen and oxygen atoms in total. The number of rotatable bonds is 9. The molecule has 1 aliphatic heterocycles. The van der Waals surface area contributed by atoms with Gasteiger partial charge in [0.25, 0.3) is 5.91 Å². The van der Waals surface area contributed by atoms with Crippen molar-refractivity contribution in [2.24, 2.45) is 0 Å². The molecule has 0 aliphatic carbocycles. The van der Waals surface area contributed by atoms with E-state index in [1.807, 2.05) is 0 Å². The molecule has 152 valence electrons. The second-order valence-corrected chi connectivity index (χ2v) is 13.3. The molecule has 0 radical (unpaired) electrons. The molecule has 0 spiro atoms. The summed E-state index contributed by atoms with van der Waals surface area (Å²) in [6.45, 7) is 3.73. The van der Waals surface area contributed by atoms with Crippen molar-refractivity contribution < 1.29 is 26.8 Å². The number of nitrogens with zero attached hydrogens (tertiary/aromatic N) is 2. The summed E-state index contributed by atoms with van der Waals surface area (Å²) in [7, 11) is -2.15. The van der Waals surface area contributed by atoms with E-state index in [2.05, 4.69) is 0 Å². The third-order valence-corrected chi connectivity index (χ3v) is 11.8. The van der Waals surface area contributed by atoms with E-state index in [4.69, 9.17) is 9.05 Å². The molecule has 0 aromatic heterocycles. The number of anilines is 1. The molecular weight excluding hydrogens is 431 g/mol. The van der Waals surface area contributed by atoms with Gasteiger partial charge < -0.3 is 9.05 Å². The van der Waals surface area contributed by atoms with Gasteiger partial charge in [0.05, 0.1) is 30.3 Å². The number of para-hydroxylation sites is 1. The third kappa shape index (κ3) is 4.83. The topological polar surface area (TPSA) is 93.2 Å². The molecule has 27 heavy (non-hydrogen) atoms. The zero-order valence-electron chi connectivity index (χ0n) is 15.5. The van der Waals surface area contributed by atoms with Gasteiger partial charge in [-0.2, -0.15) is 8.42 Å². The minimum absolute atomic E-state index is 0.0509. The summed E-state index contributed by atoms with van der Waals surface area (Å²) in [5.74, 6) is -0.603. The summed E-state index contributed by atoms with van der Waals surface area (Å²) in [4.78, 5) is 12.6. The Bertz CT molecular complexity index is 823. The van der Waals surface area contributed by atoms with Crippen LogP contribution in [0.15, 0.2) is 24.3 Å². The first-order valence-electron chi connectivity index (χ1n) is 8.33. The average molecular weight is 455 g/mol. The van der Waals surface area contributed by atoms with Crippen LogP contribution in [0.3, 0.4) is 0 Å². The normalized spacial score (nSPS) is 16.7. The highest BCUT2D eigenvalue weighted by molar-refractivity contribution is 8.98. The Labute approximate surface area is 167 Å². The predicted octanol–water partition coefficient (Wildman–Crippen LogP) is 4.12. The maximum absolute atomic E-state index is 13.0. The van der Waals surface area contributed by atoms with Gasteiger partial charge in [0.15, 0.2) is 0 Å². The van der Waals surface area contributed by atoms with Crippen LogP contribution >= 0.6 is 28.0 Å². The fourth-order valence-electron chi connectivity index (χ4n) is 2.50. The number of hydrogen-bond acceptors (Lipinski definition) is 8. The van der Waals surface area contributed by atoms with Crippen molar-refractivity contribution in [3.8, 4) is 0 Å². The van der Waals surface area contributed by atoms with Crippen LogP contribution in [0.1, 0.15) is 38.1 Å². The Morgan fingerprint density at radius 1 is 1.15 bits per heavy atom. The van der Waals surface area contributed by atoms with Crippen LogP contribution in [-0.4, -0.2) is 43.8 Å². The van der Waals surface area contributed by atoms with Crippen LogP contribution in [0.2, 0.25) is 0 Å². The van der Waals surface area contributed by atoms with Gasteiger partial charge in [0, 0.05) is 16.5 Å². The van der Waals surface area contributed by atoms with E-state index in [0.29, 0.717) is 11.3 Å². The Morgan fingerprint density at radius 3 is 2.30 bits per heavy atom. The van der Waals surface area contributed by atoms with Crippen LogP contribution < -0.4 is 4.31 Å². The third-order valence-electron chi connectivity index (χ3n) is 3.49. The van der Waals surface area contributed by atoms with Crippen LogP contribution in [0.25, 0.3) is 0 Å². The van der Waals surface area contributed by atoms with Crippen molar-refractivity contribution in [2.75, 3.05) is 23.4 Å². The van der Waals surface area contributed by atoms with Gasteiger partial charge in [-0.1, -0.05) is 22.9 Å². The lowest BCUT2D eigenvalue weighted by Gasteiger charge is -2.38. The summed E-state index contributed by atoms with van der Waals surface area (Å²) in [6, 6.07) is 6.00. The van der Waals surface area contributed by atoms with Crippen LogP contribution in [0.4, 0.5) is 5.69 Å². The van der Waals surface area contributed by atoms with Crippen molar-refractivity contribution in [1.82, 2.24) is 4.31 Å². The lowest BCUT2D eigenvalue weighted by Crippen LogP contribution is -2.53. The van der Waals surface area contributed by atoms with E-state index in [1.165, 1.54) is 0 Å². The van der Waals surface area contributed by atoms with Gasteiger partial charge in [0.2, 0.25) is 0 Å². The van der Waals surface area contributed by atoms with E-state index in [9.17, 15) is 17.8 Å². The smallest absolute Gasteiger partial charge is 0.300 e. The molecule has 1 aromatic rings. The first kappa shape index (κ1) is 22.6. The van der Waals surface area contributed by atoms with Crippen molar-refractivity contribution in [3.63, 3.8) is 0 Å². The monoisotopic (exact) mass is 454 g/mol. The number of carbonyl (C=O) groups is 1. The second-order valence-electron chi connectivity index (χ2n) is 5.67. The first-order chi connectivity index (χ1) is 12.7. The van der Waals surface area contributed by atoms with Gasteiger partial charge in [-0.25, -0.2) is 13.2 Å². The molecule has 1 amide bonds. The van der Waals surface area contributed by atoms with E-state index < -0.39 is 29.0 Å². The molecule has 1 heterocycles. The Hall–Kier alpha value is -0.710. The summed E-state index contributed by atoms with van der Waals surface area (Å²) in [5.41, 5.74) is 0.611. The quantitative estimate of drug-likeness (QED) is 0.406. The SMILES string of the molecule is CCOP(=O)(OCC)SSCN1c2ccccc2C(=O)N(C(C)C)S1(=O)=O. The van der Waals surface area contributed by atoms with Gasteiger partial charge in [-0.05, 0) is 39.8 Å². The lowest BCUT2D eigenvalue weighted by atomic mass is 10.1. The maximum Gasteiger partial charge on any atom is 0.399 e. The molecule has 0 unspecified atom stereocenters. The van der Waals surface area contributed by atoms with Gasteiger partial charge in [0.1, 0.15) is 0 Å². The largest absolute Gasteiger partial charge is 0.399 e. The van der Waals surface area contributed by atoms with E-state index in [0.717, 1.165) is 29.8 Å². The molecule has 1 aromatic carbocycles. The van der Waals surface area contributed by atoms with Crippen LogP contribution in [0.5, 0.6) is 0 Å². The molecular formula is C15H23N2O6PS3.